The zero-order chi connectivity index (χ0) is 11.8. The van der Waals surface area contributed by atoms with Crippen molar-refractivity contribution in [1.82, 2.24) is 0 Å². The maximum atomic E-state index is 12.7. The van der Waals surface area contributed by atoms with Crippen molar-refractivity contribution in [2.45, 2.75) is 24.6 Å². The van der Waals surface area contributed by atoms with Gasteiger partial charge in [0, 0.05) is 0 Å². The third-order valence-electron chi connectivity index (χ3n) is 2.72. The minimum atomic E-state index is -4.41. The second kappa shape index (κ2) is 3.46. The van der Waals surface area contributed by atoms with Crippen molar-refractivity contribution >= 4 is 6.08 Å². The normalized spacial score (nSPS) is 17.7. The number of hydrogen-bond acceptors (Lipinski definition) is 2. The van der Waals surface area contributed by atoms with E-state index in [1.807, 2.05) is 0 Å². The zero-order valence-corrected chi connectivity index (χ0v) is 8.21. The first-order chi connectivity index (χ1) is 7.49. The van der Waals surface area contributed by atoms with Crippen LogP contribution in [0.5, 0.6) is 0 Å². The summed E-state index contributed by atoms with van der Waals surface area (Å²) >= 11 is 0. The van der Waals surface area contributed by atoms with Crippen molar-refractivity contribution in [3.8, 4) is 0 Å². The van der Waals surface area contributed by atoms with Crippen LogP contribution >= 0.6 is 0 Å². The molecule has 2 nitrogen and oxygen atoms in total. The van der Waals surface area contributed by atoms with Crippen molar-refractivity contribution in [3.05, 3.63) is 35.4 Å². The summed E-state index contributed by atoms with van der Waals surface area (Å²) in [6.07, 6.45) is -2.12. The van der Waals surface area contributed by atoms with Gasteiger partial charge < -0.3 is 0 Å². The highest BCUT2D eigenvalue weighted by atomic mass is 19.4. The van der Waals surface area contributed by atoms with Crippen molar-refractivity contribution < 1.29 is 18.0 Å². The molecule has 0 spiro atoms. The molecule has 84 valence electrons. The lowest BCUT2D eigenvalue weighted by Crippen LogP contribution is -2.14. The lowest BCUT2D eigenvalue weighted by molar-refractivity contribution is -0.138. The Bertz CT molecular complexity index is 457. The Labute approximate surface area is 89.8 Å². The predicted molar refractivity (Wildman–Crippen MR) is 50.5 cm³/mol. The van der Waals surface area contributed by atoms with Crippen LogP contribution in [-0.2, 0) is 16.5 Å². The first-order valence-electron chi connectivity index (χ1n) is 4.75. The molecule has 0 aromatic heterocycles. The van der Waals surface area contributed by atoms with Crippen LogP contribution in [0, 0.1) is 0 Å². The Kier molecular flexibility index (Phi) is 2.35. The third-order valence-corrected chi connectivity index (χ3v) is 2.72. The summed E-state index contributed by atoms with van der Waals surface area (Å²) in [6, 6.07) is 5.23. The molecule has 0 bridgehead atoms. The van der Waals surface area contributed by atoms with Gasteiger partial charge in [-0.2, -0.15) is 18.2 Å². The van der Waals surface area contributed by atoms with E-state index in [4.69, 9.17) is 0 Å². The monoisotopic (exact) mass is 227 g/mol. The Morgan fingerprint density at radius 3 is 2.38 bits per heavy atom. The molecule has 0 amide bonds. The largest absolute Gasteiger partial charge is 0.416 e. The number of nitrogens with zero attached hydrogens (tertiary/aromatic N) is 1. The highest BCUT2D eigenvalue weighted by Gasteiger charge is 2.49. The second-order valence-corrected chi connectivity index (χ2v) is 3.78. The summed E-state index contributed by atoms with van der Waals surface area (Å²) in [4.78, 5) is 13.7. The standard InChI is InChI=1S/C11H8F3NO/c12-11(13,14)9-4-2-1-3-8(9)10(5-6-10)15-7-16/h1-4H,5-6H2. The molecule has 0 heterocycles. The molecule has 1 aromatic rings. The molecule has 0 atom stereocenters. The minimum absolute atomic E-state index is 0.0749. The van der Waals surface area contributed by atoms with Crippen LogP contribution in [0.4, 0.5) is 13.2 Å². The first kappa shape index (κ1) is 10.9. The molecule has 16 heavy (non-hydrogen) atoms. The molecule has 1 saturated carbocycles. The lowest BCUT2D eigenvalue weighted by atomic mass is 9.98. The van der Waals surface area contributed by atoms with Crippen molar-refractivity contribution in [2.75, 3.05) is 0 Å². The maximum absolute atomic E-state index is 12.7. The molecular formula is C11H8F3NO. The number of halogens is 3. The molecule has 1 aliphatic rings. The third kappa shape index (κ3) is 1.74. The summed E-state index contributed by atoms with van der Waals surface area (Å²) in [5.41, 5.74) is -1.62. The topological polar surface area (TPSA) is 29.4 Å². The zero-order valence-electron chi connectivity index (χ0n) is 8.21. The van der Waals surface area contributed by atoms with Gasteiger partial charge in [0.25, 0.3) is 0 Å². The minimum Gasteiger partial charge on any atom is -0.211 e. The van der Waals surface area contributed by atoms with E-state index >= 15 is 0 Å². The number of isocyanates is 1. The van der Waals surface area contributed by atoms with Gasteiger partial charge >= 0.3 is 6.18 Å². The number of rotatable bonds is 2. The summed E-state index contributed by atoms with van der Waals surface area (Å²) < 4.78 is 38.1. The average molecular weight is 227 g/mol. The van der Waals surface area contributed by atoms with E-state index in [1.165, 1.54) is 24.3 Å². The Morgan fingerprint density at radius 2 is 1.88 bits per heavy atom. The molecule has 0 saturated heterocycles. The number of hydrogen-bond donors (Lipinski definition) is 0. The number of carbonyl (C=O) groups excluding carboxylic acids is 1. The quantitative estimate of drug-likeness (QED) is 0.564. The van der Waals surface area contributed by atoms with Gasteiger partial charge in [-0.3, -0.25) is 0 Å². The molecular weight excluding hydrogens is 219 g/mol. The Balaban J connectivity index is 2.54. The van der Waals surface area contributed by atoms with Crippen molar-refractivity contribution in [3.63, 3.8) is 0 Å². The van der Waals surface area contributed by atoms with Crippen LogP contribution in [-0.4, -0.2) is 6.08 Å². The SMILES string of the molecule is O=C=NC1(c2ccccc2C(F)(F)F)CC1. The number of benzene rings is 1. The summed E-state index contributed by atoms with van der Waals surface area (Å²) in [6.45, 7) is 0. The van der Waals surface area contributed by atoms with Crippen LogP contribution in [0.2, 0.25) is 0 Å². The molecule has 5 heteroatoms. The van der Waals surface area contributed by atoms with Crippen LogP contribution in [0.25, 0.3) is 0 Å². The smallest absolute Gasteiger partial charge is 0.211 e. The van der Waals surface area contributed by atoms with E-state index in [0.29, 0.717) is 12.8 Å². The molecule has 0 N–H and O–H groups in total. The fourth-order valence-electron chi connectivity index (χ4n) is 1.78. The van der Waals surface area contributed by atoms with Gasteiger partial charge in [0.15, 0.2) is 0 Å². The van der Waals surface area contributed by atoms with Crippen molar-refractivity contribution in [2.24, 2.45) is 4.99 Å². The molecule has 1 aliphatic carbocycles. The van der Waals surface area contributed by atoms with Gasteiger partial charge in [0.05, 0.1) is 11.1 Å². The van der Waals surface area contributed by atoms with Gasteiger partial charge in [-0.05, 0) is 24.5 Å². The van der Waals surface area contributed by atoms with Gasteiger partial charge in [0.2, 0.25) is 6.08 Å². The van der Waals surface area contributed by atoms with E-state index in [1.54, 1.807) is 0 Å². The van der Waals surface area contributed by atoms with Crippen LogP contribution in [0.15, 0.2) is 29.3 Å². The Morgan fingerprint density at radius 1 is 1.25 bits per heavy atom. The number of aliphatic imine (C=N–C) groups is 1. The van der Waals surface area contributed by atoms with E-state index in [-0.39, 0.29) is 5.56 Å². The van der Waals surface area contributed by atoms with E-state index in [0.717, 1.165) is 6.07 Å². The lowest BCUT2D eigenvalue weighted by Gasteiger charge is -2.16. The summed E-state index contributed by atoms with van der Waals surface area (Å²) in [5.74, 6) is 0. The van der Waals surface area contributed by atoms with Crippen LogP contribution in [0.1, 0.15) is 24.0 Å². The fourth-order valence-corrected chi connectivity index (χ4v) is 1.78. The van der Waals surface area contributed by atoms with E-state index in [9.17, 15) is 18.0 Å². The molecule has 0 aliphatic heterocycles. The van der Waals surface area contributed by atoms with Gasteiger partial charge in [-0.1, -0.05) is 18.2 Å². The molecule has 0 radical (unpaired) electrons. The predicted octanol–water partition coefficient (Wildman–Crippen LogP) is 3.03. The molecule has 0 unspecified atom stereocenters. The summed E-state index contributed by atoms with van der Waals surface area (Å²) in [7, 11) is 0. The van der Waals surface area contributed by atoms with Crippen LogP contribution < -0.4 is 0 Å². The maximum Gasteiger partial charge on any atom is 0.416 e. The fraction of sp³-hybridized carbons (Fsp3) is 0.364. The average Bonchev–Trinajstić information content (AvgIpc) is 2.98. The van der Waals surface area contributed by atoms with E-state index < -0.39 is 17.3 Å². The first-order valence-corrected chi connectivity index (χ1v) is 4.75. The van der Waals surface area contributed by atoms with Gasteiger partial charge in [-0.25, -0.2) is 4.79 Å². The molecule has 1 fully saturated rings. The van der Waals surface area contributed by atoms with Gasteiger partial charge in [-0.15, -0.1) is 0 Å². The van der Waals surface area contributed by atoms with Crippen LogP contribution in [0.3, 0.4) is 0 Å². The van der Waals surface area contributed by atoms with Gasteiger partial charge in [0.1, 0.15) is 0 Å². The van der Waals surface area contributed by atoms with Crippen molar-refractivity contribution in [1.29, 1.82) is 0 Å². The molecule has 1 aromatic carbocycles. The number of alkyl halides is 3. The molecule has 2 rings (SSSR count). The van der Waals surface area contributed by atoms with E-state index in [2.05, 4.69) is 4.99 Å². The highest BCUT2D eigenvalue weighted by Crippen LogP contribution is 2.52. The highest BCUT2D eigenvalue weighted by molar-refractivity contribution is 5.45. The second-order valence-electron chi connectivity index (χ2n) is 3.78. The summed E-state index contributed by atoms with van der Waals surface area (Å²) in [5, 5.41) is 0. The Hall–Kier alpha value is -1.61.